The molecular formula is C30H34ClNO4. The van der Waals surface area contributed by atoms with Gasteiger partial charge in [0.25, 0.3) is 0 Å². The fourth-order valence-corrected chi connectivity index (χ4v) is 5.70. The van der Waals surface area contributed by atoms with Gasteiger partial charge in [0.05, 0.1) is 12.7 Å². The van der Waals surface area contributed by atoms with Crippen molar-refractivity contribution in [3.05, 3.63) is 85.7 Å². The van der Waals surface area contributed by atoms with Crippen molar-refractivity contribution >= 4 is 23.4 Å². The van der Waals surface area contributed by atoms with Crippen LogP contribution in [0.5, 0.6) is 5.75 Å². The van der Waals surface area contributed by atoms with E-state index in [9.17, 15) is 9.59 Å². The molecule has 36 heavy (non-hydrogen) atoms. The van der Waals surface area contributed by atoms with Crippen molar-refractivity contribution in [2.24, 2.45) is 5.41 Å². The highest BCUT2D eigenvalue weighted by molar-refractivity contribution is 6.30. The number of rotatable bonds is 5. The van der Waals surface area contributed by atoms with Crippen molar-refractivity contribution in [1.82, 2.24) is 5.32 Å². The van der Waals surface area contributed by atoms with Gasteiger partial charge in [0.2, 0.25) is 0 Å². The number of allylic oxidation sites excluding steroid dienone is 3. The quantitative estimate of drug-likeness (QED) is 0.460. The molecule has 0 aromatic heterocycles. The van der Waals surface area contributed by atoms with E-state index in [1.165, 1.54) is 7.11 Å². The predicted molar refractivity (Wildman–Crippen MR) is 142 cm³/mol. The number of Topliss-reactive ketones (excluding diaryl/α,β-unsaturated/α-hetero) is 1. The lowest BCUT2D eigenvalue weighted by Crippen LogP contribution is -2.38. The average molecular weight is 508 g/mol. The van der Waals surface area contributed by atoms with E-state index in [1.54, 1.807) is 0 Å². The van der Waals surface area contributed by atoms with Gasteiger partial charge in [-0.3, -0.25) is 4.79 Å². The van der Waals surface area contributed by atoms with Crippen LogP contribution in [0.4, 0.5) is 0 Å². The number of benzene rings is 2. The van der Waals surface area contributed by atoms with E-state index in [0.29, 0.717) is 29.2 Å². The topological polar surface area (TPSA) is 64.6 Å². The number of ether oxygens (including phenoxy) is 2. The number of carbonyl (C=O) groups excluding carboxylic acids is 2. The Bertz CT molecular complexity index is 1320. The van der Waals surface area contributed by atoms with Gasteiger partial charge in [0.1, 0.15) is 12.4 Å². The molecule has 0 radical (unpaired) electrons. The Labute approximate surface area is 218 Å². The molecular weight excluding hydrogens is 474 g/mol. The van der Waals surface area contributed by atoms with E-state index in [1.807, 2.05) is 45.9 Å². The molecule has 2 aromatic carbocycles. The number of aryl methyl sites for hydroxylation is 2. The number of esters is 1. The number of hydrogen-bond donors (Lipinski definition) is 1. The molecule has 5 nitrogen and oxygen atoms in total. The molecule has 0 bridgehead atoms. The molecule has 0 spiro atoms. The zero-order valence-electron chi connectivity index (χ0n) is 22.1. The zero-order chi connectivity index (χ0) is 26.4. The number of methoxy groups -OCH3 is 1. The van der Waals surface area contributed by atoms with Gasteiger partial charge in [-0.05, 0) is 80.0 Å². The number of ketones is 1. The molecule has 2 aromatic rings. The first-order valence-corrected chi connectivity index (χ1v) is 12.6. The number of hydrogen-bond acceptors (Lipinski definition) is 5. The molecule has 0 fully saturated rings. The van der Waals surface area contributed by atoms with Crippen molar-refractivity contribution in [1.29, 1.82) is 0 Å². The lowest BCUT2D eigenvalue weighted by atomic mass is 9.68. The van der Waals surface area contributed by atoms with E-state index in [2.05, 4.69) is 31.3 Å². The summed E-state index contributed by atoms with van der Waals surface area (Å²) in [6.07, 6.45) is 1.18. The monoisotopic (exact) mass is 507 g/mol. The van der Waals surface area contributed by atoms with Crippen LogP contribution in [-0.4, -0.2) is 18.9 Å². The van der Waals surface area contributed by atoms with Crippen LogP contribution in [0.2, 0.25) is 5.02 Å². The first kappa shape index (κ1) is 26.0. The molecule has 1 heterocycles. The fourth-order valence-electron chi connectivity index (χ4n) is 5.47. The van der Waals surface area contributed by atoms with Gasteiger partial charge in [-0.1, -0.05) is 43.1 Å². The van der Waals surface area contributed by atoms with Gasteiger partial charge in [0.15, 0.2) is 5.78 Å². The molecule has 190 valence electrons. The summed E-state index contributed by atoms with van der Waals surface area (Å²) < 4.78 is 11.4. The minimum atomic E-state index is -0.492. The summed E-state index contributed by atoms with van der Waals surface area (Å²) in [7, 11) is 1.38. The molecule has 0 unspecified atom stereocenters. The van der Waals surface area contributed by atoms with Crippen LogP contribution in [0.15, 0.2) is 52.9 Å². The van der Waals surface area contributed by atoms with Crippen LogP contribution < -0.4 is 10.1 Å². The van der Waals surface area contributed by atoms with Crippen molar-refractivity contribution in [3.63, 3.8) is 0 Å². The fraction of sp³-hybridized carbons (Fsp3) is 0.400. The molecule has 1 N–H and O–H groups in total. The Hall–Kier alpha value is -3.05. The second kappa shape index (κ2) is 9.78. The minimum absolute atomic E-state index is 0.0724. The number of dihydropyridines is 1. The van der Waals surface area contributed by atoms with Crippen molar-refractivity contribution in [3.8, 4) is 5.75 Å². The van der Waals surface area contributed by atoms with Gasteiger partial charge < -0.3 is 14.8 Å². The van der Waals surface area contributed by atoms with Crippen molar-refractivity contribution in [2.45, 2.75) is 66.9 Å². The maximum absolute atomic E-state index is 13.5. The summed E-state index contributed by atoms with van der Waals surface area (Å²) >= 11 is 6.10. The number of carbonyl (C=O) groups is 2. The van der Waals surface area contributed by atoms with Gasteiger partial charge in [-0.2, -0.15) is 0 Å². The molecule has 1 aliphatic carbocycles. The summed E-state index contributed by atoms with van der Waals surface area (Å²) in [4.78, 5) is 26.6. The highest BCUT2D eigenvalue weighted by Crippen LogP contribution is 2.48. The molecule has 4 rings (SSSR count). The Morgan fingerprint density at radius 3 is 2.50 bits per heavy atom. The highest BCUT2D eigenvalue weighted by Gasteiger charge is 2.43. The number of halogens is 1. The normalized spacial score (nSPS) is 19.1. The largest absolute Gasteiger partial charge is 0.489 e. The molecule has 1 aliphatic heterocycles. The summed E-state index contributed by atoms with van der Waals surface area (Å²) in [6.45, 7) is 12.5. The Kier molecular flexibility index (Phi) is 7.07. The molecule has 0 saturated carbocycles. The minimum Gasteiger partial charge on any atom is -0.489 e. The van der Waals surface area contributed by atoms with Crippen LogP contribution in [0.25, 0.3) is 0 Å². The van der Waals surface area contributed by atoms with Crippen molar-refractivity contribution in [2.75, 3.05) is 7.11 Å². The average Bonchev–Trinajstić information content (AvgIpc) is 2.78. The molecule has 1 atom stereocenters. The van der Waals surface area contributed by atoms with Gasteiger partial charge in [0, 0.05) is 34.3 Å². The van der Waals surface area contributed by atoms with Crippen LogP contribution in [-0.2, 0) is 20.9 Å². The van der Waals surface area contributed by atoms with E-state index < -0.39 is 11.9 Å². The van der Waals surface area contributed by atoms with Crippen LogP contribution in [0.3, 0.4) is 0 Å². The third-order valence-corrected chi connectivity index (χ3v) is 7.41. The molecule has 0 saturated heterocycles. The van der Waals surface area contributed by atoms with Gasteiger partial charge in [-0.15, -0.1) is 0 Å². The lowest BCUT2D eigenvalue weighted by molar-refractivity contribution is -0.136. The van der Waals surface area contributed by atoms with E-state index in [0.717, 1.165) is 51.4 Å². The maximum atomic E-state index is 13.5. The molecule has 6 heteroatoms. The predicted octanol–water partition coefficient (Wildman–Crippen LogP) is 6.62. The summed E-state index contributed by atoms with van der Waals surface area (Å²) in [5.41, 5.74) is 7.58. The van der Waals surface area contributed by atoms with Gasteiger partial charge in [-0.25, -0.2) is 4.79 Å². The molecule has 0 amide bonds. The first-order chi connectivity index (χ1) is 16.9. The number of nitrogens with one attached hydrogen (secondary N) is 1. The van der Waals surface area contributed by atoms with Crippen LogP contribution >= 0.6 is 11.6 Å². The van der Waals surface area contributed by atoms with E-state index in [-0.39, 0.29) is 11.2 Å². The van der Waals surface area contributed by atoms with E-state index >= 15 is 0 Å². The Balaban J connectivity index is 1.82. The molecule has 2 aliphatic rings. The lowest BCUT2D eigenvalue weighted by Gasteiger charge is -2.40. The summed E-state index contributed by atoms with van der Waals surface area (Å²) in [5.74, 6) is -0.0783. The van der Waals surface area contributed by atoms with Crippen LogP contribution in [0, 0.1) is 26.2 Å². The Morgan fingerprint density at radius 1 is 1.11 bits per heavy atom. The van der Waals surface area contributed by atoms with Crippen LogP contribution in [0.1, 0.15) is 67.3 Å². The zero-order valence-corrected chi connectivity index (χ0v) is 22.9. The summed E-state index contributed by atoms with van der Waals surface area (Å²) in [6, 6.07) is 9.74. The summed E-state index contributed by atoms with van der Waals surface area (Å²) in [5, 5.41) is 4.05. The standard InChI is InChI=1S/C30H34ClNO4/c1-16-10-20(15-36-25-9-8-21(31)12-17(25)2)18(3)22(11-16)27-26(29(34)35-7)19(4)32-23-13-30(5,6)14-24(33)28(23)27/h8-12,27,32H,13-15H2,1-7H3/t27-/m0/s1. The third-order valence-electron chi connectivity index (χ3n) is 7.18. The second-order valence-electron chi connectivity index (χ2n) is 10.8. The smallest absolute Gasteiger partial charge is 0.336 e. The Morgan fingerprint density at radius 2 is 1.83 bits per heavy atom. The second-order valence-corrected chi connectivity index (χ2v) is 11.2. The highest BCUT2D eigenvalue weighted by atomic mass is 35.5. The van der Waals surface area contributed by atoms with E-state index in [4.69, 9.17) is 21.1 Å². The maximum Gasteiger partial charge on any atom is 0.336 e. The first-order valence-electron chi connectivity index (χ1n) is 12.2. The van der Waals surface area contributed by atoms with Crippen molar-refractivity contribution < 1.29 is 19.1 Å². The third kappa shape index (κ3) is 4.94. The SMILES string of the molecule is COC(=O)C1=C(C)NC2=C(C(=O)CC(C)(C)C2)[C@H]1c1cc(C)cc(COc2ccc(Cl)cc2C)c1C. The van der Waals surface area contributed by atoms with Gasteiger partial charge >= 0.3 is 5.97 Å².